The van der Waals surface area contributed by atoms with Gasteiger partial charge in [0.2, 0.25) is 5.60 Å². The molecule has 2 heterocycles. The van der Waals surface area contributed by atoms with Crippen molar-refractivity contribution in [2.75, 3.05) is 5.32 Å². The molecule has 0 saturated heterocycles. The van der Waals surface area contributed by atoms with Crippen molar-refractivity contribution in [1.82, 2.24) is 15.0 Å². The number of aromatic amines is 1. The number of hydrogen-bond donors (Lipinski definition) is 4. The molecule has 158 valence electrons. The number of amides is 1. The Kier molecular flexibility index (Phi) is 5.96. The molecular weight excluding hydrogens is 404 g/mol. The van der Waals surface area contributed by atoms with Crippen LogP contribution in [-0.4, -0.2) is 26.0 Å². The molecule has 4 aromatic rings. The van der Waals surface area contributed by atoms with Crippen LogP contribution in [0.25, 0.3) is 5.57 Å². The van der Waals surface area contributed by atoms with Gasteiger partial charge in [-0.2, -0.15) is 5.11 Å². The van der Waals surface area contributed by atoms with Crippen LogP contribution in [0.3, 0.4) is 0 Å². The number of pyridine rings is 1. The van der Waals surface area contributed by atoms with Crippen LogP contribution in [0.1, 0.15) is 22.5 Å². The molecule has 0 bridgehead atoms. The van der Waals surface area contributed by atoms with E-state index in [4.69, 9.17) is 5.53 Å². The standard InChI is InChI=1S/C24H20N6O2/c25-29-16-21(17-7-3-1-4-8-17)18-13-20(15-26-14-18)30-23(31)24(32,22-27-11-12-28-22)19-9-5-2-6-10-19/h1-16,25,32H,(H,27,28)(H,30,31)/b21-16+,29-25?/t24-/m0/s1. The Balaban J connectivity index is 1.69. The number of carbonyl (C=O) groups is 1. The summed E-state index contributed by atoms with van der Waals surface area (Å²) in [6, 6.07) is 19.7. The summed E-state index contributed by atoms with van der Waals surface area (Å²) in [6.45, 7) is 0. The van der Waals surface area contributed by atoms with Crippen molar-refractivity contribution < 1.29 is 9.90 Å². The number of aliphatic hydroxyl groups is 1. The molecular formula is C24H20N6O2. The Morgan fingerprint density at radius 2 is 1.78 bits per heavy atom. The van der Waals surface area contributed by atoms with E-state index >= 15 is 0 Å². The van der Waals surface area contributed by atoms with Crippen LogP contribution >= 0.6 is 0 Å². The van der Waals surface area contributed by atoms with Gasteiger partial charge in [0, 0.05) is 35.3 Å². The molecule has 4 N–H and O–H groups in total. The van der Waals surface area contributed by atoms with Gasteiger partial charge in [0.15, 0.2) is 5.82 Å². The lowest BCUT2D eigenvalue weighted by Crippen LogP contribution is -2.42. The third-order valence-electron chi connectivity index (χ3n) is 4.95. The van der Waals surface area contributed by atoms with Gasteiger partial charge in [-0.25, -0.2) is 10.5 Å². The summed E-state index contributed by atoms with van der Waals surface area (Å²) in [6.07, 6.45) is 7.53. The Morgan fingerprint density at radius 3 is 2.44 bits per heavy atom. The van der Waals surface area contributed by atoms with Crippen molar-refractivity contribution >= 4 is 17.2 Å². The molecule has 2 aromatic heterocycles. The highest BCUT2D eigenvalue weighted by molar-refractivity contribution is 6.00. The lowest BCUT2D eigenvalue weighted by atomic mass is 9.91. The van der Waals surface area contributed by atoms with Gasteiger partial charge in [0.25, 0.3) is 5.91 Å². The van der Waals surface area contributed by atoms with E-state index in [1.165, 1.54) is 18.6 Å². The number of hydrogen-bond acceptors (Lipinski definition) is 6. The molecule has 2 aromatic carbocycles. The fourth-order valence-corrected chi connectivity index (χ4v) is 3.39. The van der Waals surface area contributed by atoms with Gasteiger partial charge in [-0.1, -0.05) is 60.7 Å². The number of nitrogens with one attached hydrogen (secondary N) is 3. The van der Waals surface area contributed by atoms with Gasteiger partial charge in [-0.3, -0.25) is 9.78 Å². The Labute approximate surface area is 184 Å². The number of aromatic nitrogens is 3. The third-order valence-corrected chi connectivity index (χ3v) is 4.95. The molecule has 0 spiro atoms. The average molecular weight is 424 g/mol. The molecule has 32 heavy (non-hydrogen) atoms. The predicted octanol–water partition coefficient (Wildman–Crippen LogP) is 4.10. The van der Waals surface area contributed by atoms with Crippen LogP contribution < -0.4 is 5.32 Å². The highest BCUT2D eigenvalue weighted by Crippen LogP contribution is 2.30. The molecule has 0 fully saturated rings. The zero-order valence-corrected chi connectivity index (χ0v) is 16.9. The topological polar surface area (TPSA) is 127 Å². The maximum atomic E-state index is 13.3. The minimum absolute atomic E-state index is 0.100. The minimum Gasteiger partial charge on any atom is -0.369 e. The summed E-state index contributed by atoms with van der Waals surface area (Å²) in [5, 5.41) is 17.6. The SMILES string of the molecule is N=N/C=C(\c1ccccc1)c1cncc(NC(=O)[C@](O)(c2ccccc2)c2ncc[nH]2)c1. The van der Waals surface area contributed by atoms with Crippen molar-refractivity contribution in [3.05, 3.63) is 120 Å². The average Bonchev–Trinajstić information content (AvgIpc) is 3.39. The second kappa shape index (κ2) is 9.15. The maximum absolute atomic E-state index is 13.3. The highest BCUT2D eigenvalue weighted by atomic mass is 16.3. The fraction of sp³-hybridized carbons (Fsp3) is 0.0417. The van der Waals surface area contributed by atoms with E-state index in [1.807, 2.05) is 30.3 Å². The number of nitrogens with zero attached hydrogens (tertiary/aromatic N) is 3. The molecule has 8 nitrogen and oxygen atoms in total. The van der Waals surface area contributed by atoms with Gasteiger partial charge in [-0.05, 0) is 11.6 Å². The van der Waals surface area contributed by atoms with Crippen molar-refractivity contribution in [1.29, 1.82) is 5.53 Å². The van der Waals surface area contributed by atoms with Crippen LogP contribution in [0.15, 0.2) is 103 Å². The largest absolute Gasteiger partial charge is 0.369 e. The quantitative estimate of drug-likeness (QED) is 0.333. The summed E-state index contributed by atoms with van der Waals surface area (Å²) in [4.78, 5) is 24.5. The van der Waals surface area contributed by atoms with Crippen LogP contribution in [0.5, 0.6) is 0 Å². The van der Waals surface area contributed by atoms with Crippen molar-refractivity contribution in [2.24, 2.45) is 5.11 Å². The smallest absolute Gasteiger partial charge is 0.269 e. The van der Waals surface area contributed by atoms with Crippen LogP contribution in [0, 0.1) is 5.53 Å². The number of carbonyl (C=O) groups excluding carboxylic acids is 1. The lowest BCUT2D eigenvalue weighted by Gasteiger charge is -2.25. The first-order valence-electron chi connectivity index (χ1n) is 9.79. The fourth-order valence-electron chi connectivity index (χ4n) is 3.39. The maximum Gasteiger partial charge on any atom is 0.269 e. The summed E-state index contributed by atoms with van der Waals surface area (Å²) in [5.41, 5.74) is 8.17. The number of imidazole rings is 1. The number of rotatable bonds is 7. The summed E-state index contributed by atoms with van der Waals surface area (Å²) >= 11 is 0. The van der Waals surface area contributed by atoms with E-state index in [-0.39, 0.29) is 5.82 Å². The lowest BCUT2D eigenvalue weighted by molar-refractivity contribution is -0.131. The molecule has 4 rings (SSSR count). The molecule has 0 aliphatic heterocycles. The third kappa shape index (κ3) is 4.07. The van der Waals surface area contributed by atoms with E-state index in [0.717, 1.165) is 5.56 Å². The first kappa shape index (κ1) is 20.8. The van der Waals surface area contributed by atoms with Crippen molar-refractivity contribution in [2.45, 2.75) is 5.60 Å². The summed E-state index contributed by atoms with van der Waals surface area (Å²) in [7, 11) is 0. The van der Waals surface area contributed by atoms with Crippen LogP contribution in [-0.2, 0) is 10.4 Å². The molecule has 0 radical (unpaired) electrons. The van der Waals surface area contributed by atoms with Gasteiger partial charge in [0.05, 0.1) is 18.1 Å². The van der Waals surface area contributed by atoms with Crippen molar-refractivity contribution in [3.8, 4) is 0 Å². The number of anilines is 1. The van der Waals surface area contributed by atoms with Gasteiger partial charge in [-0.15, -0.1) is 0 Å². The summed E-state index contributed by atoms with van der Waals surface area (Å²) < 4.78 is 0. The zero-order valence-electron chi connectivity index (χ0n) is 16.9. The minimum atomic E-state index is -2.03. The molecule has 1 amide bonds. The normalized spacial score (nSPS) is 13.2. The highest BCUT2D eigenvalue weighted by Gasteiger charge is 2.42. The van der Waals surface area contributed by atoms with Crippen LogP contribution in [0.4, 0.5) is 5.69 Å². The van der Waals surface area contributed by atoms with Gasteiger partial charge in [0.1, 0.15) is 0 Å². The molecule has 8 heteroatoms. The number of H-pyrrole nitrogens is 1. The van der Waals surface area contributed by atoms with E-state index in [0.29, 0.717) is 22.4 Å². The zero-order chi connectivity index (χ0) is 22.4. The second-order valence-electron chi connectivity index (χ2n) is 6.97. The monoisotopic (exact) mass is 424 g/mol. The first-order valence-corrected chi connectivity index (χ1v) is 9.79. The van der Waals surface area contributed by atoms with E-state index in [1.54, 1.807) is 48.8 Å². The van der Waals surface area contributed by atoms with Gasteiger partial charge >= 0.3 is 0 Å². The Morgan fingerprint density at radius 1 is 1.06 bits per heavy atom. The molecule has 1 atom stereocenters. The van der Waals surface area contributed by atoms with E-state index < -0.39 is 11.5 Å². The summed E-state index contributed by atoms with van der Waals surface area (Å²) in [5.74, 6) is -0.587. The predicted molar refractivity (Wildman–Crippen MR) is 120 cm³/mol. The number of benzene rings is 2. The molecule has 0 unspecified atom stereocenters. The van der Waals surface area contributed by atoms with E-state index in [9.17, 15) is 9.90 Å². The Hall–Kier alpha value is -4.43. The first-order chi connectivity index (χ1) is 15.6. The Bertz CT molecular complexity index is 1240. The molecule has 0 saturated carbocycles. The second-order valence-corrected chi connectivity index (χ2v) is 6.97. The van der Waals surface area contributed by atoms with Gasteiger partial charge < -0.3 is 15.4 Å². The molecule has 0 aliphatic rings. The molecule has 0 aliphatic carbocycles. The van der Waals surface area contributed by atoms with E-state index in [2.05, 4.69) is 25.4 Å². The van der Waals surface area contributed by atoms with Crippen LogP contribution in [0.2, 0.25) is 0 Å². The van der Waals surface area contributed by atoms with Crippen molar-refractivity contribution in [3.63, 3.8) is 0 Å².